The Morgan fingerprint density at radius 1 is 1.12 bits per heavy atom. The number of carbonyl (C=O) groups is 3. The van der Waals surface area contributed by atoms with E-state index in [9.17, 15) is 18.9 Å². The summed E-state index contributed by atoms with van der Waals surface area (Å²) in [5.74, 6) is -0.0867. The monoisotopic (exact) mass is 466 g/mol. The topological polar surface area (TPSA) is 105 Å². The van der Waals surface area contributed by atoms with Gasteiger partial charge in [-0.25, -0.2) is 0 Å². The van der Waals surface area contributed by atoms with Crippen LogP contribution in [0.2, 0.25) is 0 Å². The van der Waals surface area contributed by atoms with E-state index in [-0.39, 0.29) is 46.3 Å². The van der Waals surface area contributed by atoms with Crippen LogP contribution in [0.15, 0.2) is 6.20 Å². The van der Waals surface area contributed by atoms with Gasteiger partial charge in [-0.2, -0.15) is 5.10 Å². The summed E-state index contributed by atoms with van der Waals surface area (Å²) in [6, 6.07) is 0. The van der Waals surface area contributed by atoms with E-state index in [0.717, 1.165) is 31.4 Å². The van der Waals surface area contributed by atoms with Gasteiger partial charge in [-0.1, -0.05) is 12.8 Å². The van der Waals surface area contributed by atoms with Crippen molar-refractivity contribution in [1.29, 1.82) is 0 Å². The number of rotatable bonds is 5. The number of ketones is 3. The van der Waals surface area contributed by atoms with Gasteiger partial charge in [0.2, 0.25) is 11.6 Å². The van der Waals surface area contributed by atoms with Crippen LogP contribution in [0.3, 0.4) is 0 Å². The van der Waals surface area contributed by atoms with Crippen LogP contribution in [0.4, 0.5) is 0 Å². The molecule has 2 unspecified atom stereocenters. The largest absolute Gasteiger partial charge is 0.337 e. The van der Waals surface area contributed by atoms with Crippen LogP contribution >= 0.6 is 7.60 Å². The van der Waals surface area contributed by atoms with E-state index in [1.165, 1.54) is 33.3 Å². The molecule has 3 aliphatic rings. The highest BCUT2D eigenvalue weighted by molar-refractivity contribution is 7.54. The zero-order valence-electron chi connectivity index (χ0n) is 20.0. The fourth-order valence-corrected chi connectivity index (χ4v) is 6.76. The van der Waals surface area contributed by atoms with Crippen LogP contribution in [0.1, 0.15) is 75.3 Å². The number of aromatic nitrogens is 2. The van der Waals surface area contributed by atoms with Crippen LogP contribution in [-0.4, -0.2) is 47.5 Å². The number of carbonyl (C=O) groups excluding carboxylic acids is 3. The smallest absolute Gasteiger partial charge is 0.312 e. The quantitative estimate of drug-likeness (QED) is 0.361. The lowest BCUT2D eigenvalue weighted by Gasteiger charge is -2.26. The zero-order chi connectivity index (χ0) is 23.9. The normalized spacial score (nSPS) is 24.2. The molecule has 3 saturated carbocycles. The molecule has 0 amide bonds. The molecule has 9 heteroatoms. The highest BCUT2D eigenvalue weighted by atomic mass is 31.2. The molecule has 0 N–H and O–H groups in total. The molecule has 32 heavy (non-hydrogen) atoms. The third-order valence-corrected chi connectivity index (χ3v) is 9.17. The Morgan fingerprint density at radius 3 is 2.03 bits per heavy atom. The Kier molecular flexibility index (Phi) is 7.00. The molecule has 0 aliphatic heterocycles. The summed E-state index contributed by atoms with van der Waals surface area (Å²) in [6.45, 7) is 7.80. The number of hydrogen-bond donors (Lipinski definition) is 0. The first kappa shape index (κ1) is 25.0. The molecule has 0 radical (unpaired) electrons. The molecule has 4 rings (SSSR count). The van der Waals surface area contributed by atoms with Crippen LogP contribution in [0.5, 0.6) is 0 Å². The molecule has 3 aliphatic carbocycles. The summed E-state index contributed by atoms with van der Waals surface area (Å²) in [7, 11) is -0.807. The van der Waals surface area contributed by atoms with E-state index in [1.54, 1.807) is 4.68 Å². The van der Waals surface area contributed by atoms with Gasteiger partial charge < -0.3 is 9.05 Å². The van der Waals surface area contributed by atoms with Crippen molar-refractivity contribution in [2.45, 2.75) is 71.8 Å². The lowest BCUT2D eigenvalue weighted by atomic mass is 9.76. The molecule has 178 valence electrons. The molecule has 8 nitrogen and oxygen atoms in total. The number of Topliss-reactive ketones (excluding diaryl/α,β-unsaturated/α-hetero) is 3. The molecule has 1 aromatic rings. The molecule has 0 saturated heterocycles. The van der Waals surface area contributed by atoms with E-state index >= 15 is 0 Å². The molecule has 2 bridgehead atoms. The van der Waals surface area contributed by atoms with Gasteiger partial charge in [0.05, 0.1) is 17.3 Å². The van der Waals surface area contributed by atoms with Gasteiger partial charge >= 0.3 is 7.60 Å². The predicted octanol–water partition coefficient (Wildman–Crippen LogP) is 4.34. The summed E-state index contributed by atoms with van der Waals surface area (Å²) in [4.78, 5) is 35.3. The van der Waals surface area contributed by atoms with Crippen molar-refractivity contribution in [3.63, 3.8) is 0 Å². The fourth-order valence-electron chi connectivity index (χ4n) is 5.83. The Bertz CT molecular complexity index is 922. The average molecular weight is 467 g/mol. The van der Waals surface area contributed by atoms with Crippen LogP contribution in [0, 0.1) is 24.2 Å². The van der Waals surface area contributed by atoms with E-state index in [0.29, 0.717) is 5.56 Å². The highest BCUT2D eigenvalue weighted by Gasteiger charge is 2.63. The van der Waals surface area contributed by atoms with Crippen molar-refractivity contribution < 1.29 is 28.0 Å². The van der Waals surface area contributed by atoms with Gasteiger partial charge in [-0.05, 0) is 58.8 Å². The third kappa shape index (κ3) is 4.29. The number of nitrogens with zero attached hydrogens (tertiary/aromatic N) is 2. The lowest BCUT2D eigenvalue weighted by Crippen LogP contribution is -2.24. The summed E-state index contributed by atoms with van der Waals surface area (Å²) < 4.78 is 23.3. The van der Waals surface area contributed by atoms with Crippen molar-refractivity contribution in [3.8, 4) is 0 Å². The van der Waals surface area contributed by atoms with E-state index < -0.39 is 7.60 Å². The second-order valence-electron chi connectivity index (χ2n) is 10.1. The molecule has 1 aromatic heterocycles. The van der Waals surface area contributed by atoms with Crippen LogP contribution in [0.25, 0.3) is 0 Å². The summed E-state index contributed by atoms with van der Waals surface area (Å²) >= 11 is 0. The Hall–Kier alpha value is -1.63. The van der Waals surface area contributed by atoms with Crippen molar-refractivity contribution in [2.75, 3.05) is 20.4 Å². The molecular formula is C23H35N2O6P. The maximum absolute atomic E-state index is 12.2. The summed E-state index contributed by atoms with van der Waals surface area (Å²) in [5, 5.41) is 4.21. The maximum Gasteiger partial charge on any atom is 0.337 e. The molecule has 0 aromatic carbocycles. The van der Waals surface area contributed by atoms with Crippen molar-refractivity contribution in [1.82, 2.24) is 9.78 Å². The van der Waals surface area contributed by atoms with Crippen molar-refractivity contribution in [2.24, 2.45) is 17.3 Å². The van der Waals surface area contributed by atoms with Crippen molar-refractivity contribution in [3.05, 3.63) is 17.5 Å². The SMILES string of the molecule is COP(=O)(CC(=O)c1cnn(C(C)(C)C)c1C)OC.O=C1C(=O)C2CCC1C21CCCC1. The Balaban J connectivity index is 0.000000191. The summed E-state index contributed by atoms with van der Waals surface area (Å²) in [5.41, 5.74) is 1.14. The second-order valence-corrected chi connectivity index (χ2v) is 12.4. The predicted molar refractivity (Wildman–Crippen MR) is 120 cm³/mol. The second kappa shape index (κ2) is 8.96. The van der Waals surface area contributed by atoms with Crippen LogP contribution < -0.4 is 0 Å². The third-order valence-electron chi connectivity index (χ3n) is 7.38. The Labute approximate surface area is 190 Å². The van der Waals surface area contributed by atoms with E-state index in [1.807, 2.05) is 27.7 Å². The number of hydrogen-bond acceptors (Lipinski definition) is 7. The van der Waals surface area contributed by atoms with Crippen molar-refractivity contribution >= 4 is 24.9 Å². The minimum Gasteiger partial charge on any atom is -0.312 e. The standard InChI is InChI=1S/C12H21N2O4P.C11H14O2/c1-9-10(7-13-14(9)12(2,3)4)11(15)8-19(16,17-5)18-6;12-9-7-3-4-8(10(9)13)11(7)5-1-2-6-11/h7H,8H2,1-6H3;7-8H,1-6H2. The molecule has 2 atom stereocenters. The molecule has 1 spiro atoms. The average Bonchev–Trinajstić information content (AvgIpc) is 3.49. The van der Waals surface area contributed by atoms with Gasteiger partial charge in [-0.3, -0.25) is 23.6 Å². The van der Waals surface area contributed by atoms with Gasteiger partial charge in [0.15, 0.2) is 5.78 Å². The van der Waals surface area contributed by atoms with Gasteiger partial charge in [0.1, 0.15) is 6.16 Å². The zero-order valence-corrected chi connectivity index (χ0v) is 20.9. The molecular weight excluding hydrogens is 431 g/mol. The van der Waals surface area contributed by atoms with E-state index in [2.05, 4.69) is 5.10 Å². The molecule has 1 heterocycles. The lowest BCUT2D eigenvalue weighted by molar-refractivity contribution is -0.138. The van der Waals surface area contributed by atoms with Crippen LogP contribution in [-0.2, 0) is 28.7 Å². The molecule has 3 fully saturated rings. The van der Waals surface area contributed by atoms with Gasteiger partial charge in [-0.15, -0.1) is 0 Å². The van der Waals surface area contributed by atoms with E-state index in [4.69, 9.17) is 9.05 Å². The summed E-state index contributed by atoms with van der Waals surface area (Å²) in [6.07, 6.45) is 7.94. The first-order valence-corrected chi connectivity index (χ1v) is 13.0. The highest BCUT2D eigenvalue weighted by Crippen LogP contribution is 2.62. The van der Waals surface area contributed by atoms with Gasteiger partial charge in [0, 0.05) is 31.7 Å². The minimum atomic E-state index is -3.34. The van der Waals surface area contributed by atoms with Gasteiger partial charge in [0.25, 0.3) is 0 Å². The maximum atomic E-state index is 12.2. The minimum absolute atomic E-state index is 0.0295. The Morgan fingerprint density at radius 2 is 1.62 bits per heavy atom. The fraction of sp³-hybridized carbons (Fsp3) is 0.739. The first-order valence-electron chi connectivity index (χ1n) is 11.3. The first-order chi connectivity index (χ1) is 14.9.